The van der Waals surface area contributed by atoms with Crippen LogP contribution < -0.4 is 5.32 Å². The molecule has 1 amide bonds. The highest BCUT2D eigenvalue weighted by Crippen LogP contribution is 2.26. The van der Waals surface area contributed by atoms with E-state index in [-0.39, 0.29) is 11.8 Å². The van der Waals surface area contributed by atoms with Gasteiger partial charge in [0.1, 0.15) is 23.2 Å². The molecule has 0 aromatic carbocycles. The number of aromatic nitrogens is 3. The van der Waals surface area contributed by atoms with E-state index in [1.165, 1.54) is 6.42 Å². The number of amides is 1. The third-order valence-electron chi connectivity index (χ3n) is 5.76. The number of aryl methyl sites for hydroxylation is 1. The van der Waals surface area contributed by atoms with Crippen molar-refractivity contribution in [3.8, 4) is 0 Å². The second-order valence-corrected chi connectivity index (χ2v) is 7.60. The largest absolute Gasteiger partial charge is 0.465 e. The number of nitrogens with zero attached hydrogens (tertiary/aromatic N) is 4. The second kappa shape index (κ2) is 8.25. The zero-order chi connectivity index (χ0) is 18.6. The van der Waals surface area contributed by atoms with Crippen LogP contribution in [0.1, 0.15) is 49.4 Å². The Hall–Kier alpha value is -2.15. The van der Waals surface area contributed by atoms with Gasteiger partial charge >= 0.3 is 0 Å². The molecule has 2 aromatic rings. The molecule has 0 radical (unpaired) electrons. The molecule has 0 bridgehead atoms. The number of rotatable bonds is 7. The summed E-state index contributed by atoms with van der Waals surface area (Å²) in [7, 11) is 0. The fourth-order valence-corrected chi connectivity index (χ4v) is 3.80. The highest BCUT2D eigenvalue weighted by molar-refractivity contribution is 5.79. The average Bonchev–Trinajstić information content (AvgIpc) is 3.17. The van der Waals surface area contributed by atoms with Crippen LogP contribution >= 0.6 is 0 Å². The molecule has 1 aliphatic heterocycles. The molecule has 0 unspecified atom stereocenters. The lowest BCUT2D eigenvalue weighted by Gasteiger charge is -2.24. The Balaban J connectivity index is 1.29. The number of carbonyl (C=O) groups is 1. The maximum atomic E-state index is 12.0. The maximum Gasteiger partial charge on any atom is 0.223 e. The van der Waals surface area contributed by atoms with E-state index >= 15 is 0 Å². The zero-order valence-corrected chi connectivity index (χ0v) is 16.1. The molecule has 1 saturated carbocycles. The van der Waals surface area contributed by atoms with Gasteiger partial charge < -0.3 is 14.3 Å². The van der Waals surface area contributed by atoms with E-state index in [2.05, 4.69) is 44.0 Å². The van der Waals surface area contributed by atoms with Gasteiger partial charge in [0, 0.05) is 51.4 Å². The van der Waals surface area contributed by atoms with Crippen molar-refractivity contribution < 1.29 is 9.21 Å². The summed E-state index contributed by atoms with van der Waals surface area (Å²) < 4.78 is 8.08. The Morgan fingerprint density at radius 3 is 2.81 bits per heavy atom. The number of hydrogen-bond donors (Lipinski definition) is 1. The fourth-order valence-electron chi connectivity index (χ4n) is 3.80. The van der Waals surface area contributed by atoms with Crippen LogP contribution in [0.3, 0.4) is 0 Å². The Bertz CT molecular complexity index is 777. The van der Waals surface area contributed by atoms with Crippen molar-refractivity contribution in [3.63, 3.8) is 0 Å². The van der Waals surface area contributed by atoms with Gasteiger partial charge in [0.15, 0.2) is 0 Å². The lowest BCUT2D eigenvalue weighted by Crippen LogP contribution is -2.35. The van der Waals surface area contributed by atoms with Crippen LogP contribution in [0.15, 0.2) is 16.5 Å². The zero-order valence-electron chi connectivity index (χ0n) is 16.1. The van der Waals surface area contributed by atoms with Crippen molar-refractivity contribution >= 4 is 5.91 Å². The number of nitrogens with one attached hydrogen (secondary N) is 1. The minimum absolute atomic E-state index is 0.202. The molecule has 1 fully saturated rings. The standard InChI is InChI=1S/C20H29N5O2/c1-2-16-6-7-17(27-16)14-24-11-9-19-23-22-18(25(19)13-12-24)8-10-21-20(26)15-4-3-5-15/h6-7,15H,2-5,8-14H2,1H3,(H,21,26). The summed E-state index contributed by atoms with van der Waals surface area (Å²) in [6, 6.07) is 4.15. The quantitative estimate of drug-likeness (QED) is 0.805. The minimum atomic E-state index is 0.202. The third-order valence-corrected chi connectivity index (χ3v) is 5.76. The van der Waals surface area contributed by atoms with Gasteiger partial charge in [-0.15, -0.1) is 10.2 Å². The first-order chi connectivity index (χ1) is 13.2. The van der Waals surface area contributed by atoms with Gasteiger partial charge in [-0.2, -0.15) is 0 Å². The predicted molar refractivity (Wildman–Crippen MR) is 101 cm³/mol. The van der Waals surface area contributed by atoms with Crippen molar-refractivity contribution in [3.05, 3.63) is 35.3 Å². The van der Waals surface area contributed by atoms with E-state index < -0.39 is 0 Å². The van der Waals surface area contributed by atoms with Gasteiger partial charge in [0.25, 0.3) is 0 Å². The number of furan rings is 1. The van der Waals surface area contributed by atoms with Crippen LogP contribution in [-0.2, 0) is 37.1 Å². The van der Waals surface area contributed by atoms with Gasteiger partial charge in [0.05, 0.1) is 6.54 Å². The van der Waals surface area contributed by atoms with Crippen LogP contribution in [0.5, 0.6) is 0 Å². The monoisotopic (exact) mass is 371 g/mol. The van der Waals surface area contributed by atoms with Crippen LogP contribution in [0.25, 0.3) is 0 Å². The van der Waals surface area contributed by atoms with E-state index in [4.69, 9.17) is 4.42 Å². The molecule has 0 spiro atoms. The summed E-state index contributed by atoms with van der Waals surface area (Å²) in [6.07, 6.45) is 5.83. The number of hydrogen-bond acceptors (Lipinski definition) is 5. The van der Waals surface area contributed by atoms with Gasteiger partial charge in [-0.05, 0) is 25.0 Å². The molecule has 7 nitrogen and oxygen atoms in total. The summed E-state index contributed by atoms with van der Waals surface area (Å²) in [4.78, 5) is 14.4. The molecule has 1 N–H and O–H groups in total. The molecule has 2 aliphatic rings. The van der Waals surface area contributed by atoms with E-state index in [9.17, 15) is 4.79 Å². The molecule has 2 aromatic heterocycles. The summed E-state index contributed by atoms with van der Waals surface area (Å²) in [5, 5.41) is 11.8. The molecule has 146 valence electrons. The van der Waals surface area contributed by atoms with E-state index in [0.717, 1.165) is 81.5 Å². The van der Waals surface area contributed by atoms with Gasteiger partial charge in [-0.1, -0.05) is 13.3 Å². The normalized spacial score (nSPS) is 18.0. The smallest absolute Gasteiger partial charge is 0.223 e. The van der Waals surface area contributed by atoms with Crippen molar-refractivity contribution in [1.82, 2.24) is 25.0 Å². The van der Waals surface area contributed by atoms with Crippen molar-refractivity contribution in [2.24, 2.45) is 5.92 Å². The average molecular weight is 371 g/mol. The van der Waals surface area contributed by atoms with E-state index in [1.54, 1.807) is 0 Å². The van der Waals surface area contributed by atoms with Crippen LogP contribution in [0, 0.1) is 5.92 Å². The van der Waals surface area contributed by atoms with Crippen molar-refractivity contribution in [1.29, 1.82) is 0 Å². The van der Waals surface area contributed by atoms with Crippen molar-refractivity contribution in [2.75, 3.05) is 19.6 Å². The third kappa shape index (κ3) is 4.24. The molecule has 27 heavy (non-hydrogen) atoms. The van der Waals surface area contributed by atoms with Crippen molar-refractivity contribution in [2.45, 2.75) is 58.5 Å². The molecular formula is C20H29N5O2. The predicted octanol–water partition coefficient (Wildman–Crippen LogP) is 1.95. The summed E-state index contributed by atoms with van der Waals surface area (Å²) in [5.74, 6) is 4.54. The van der Waals surface area contributed by atoms with Crippen LogP contribution in [0.2, 0.25) is 0 Å². The maximum absolute atomic E-state index is 12.0. The van der Waals surface area contributed by atoms with Gasteiger partial charge in [0.2, 0.25) is 5.91 Å². The van der Waals surface area contributed by atoms with E-state index in [0.29, 0.717) is 6.54 Å². The minimum Gasteiger partial charge on any atom is -0.465 e. The topological polar surface area (TPSA) is 76.2 Å². The molecule has 0 saturated heterocycles. The van der Waals surface area contributed by atoms with Crippen LogP contribution in [-0.4, -0.2) is 45.2 Å². The van der Waals surface area contributed by atoms with Gasteiger partial charge in [-0.25, -0.2) is 0 Å². The first kappa shape index (κ1) is 18.2. The molecule has 0 atom stereocenters. The molecule has 3 heterocycles. The first-order valence-electron chi connectivity index (χ1n) is 10.2. The second-order valence-electron chi connectivity index (χ2n) is 7.60. The number of carbonyl (C=O) groups excluding carboxylic acids is 1. The Morgan fingerprint density at radius 2 is 2.07 bits per heavy atom. The Morgan fingerprint density at radius 1 is 1.22 bits per heavy atom. The Kier molecular flexibility index (Phi) is 5.57. The first-order valence-corrected chi connectivity index (χ1v) is 10.2. The summed E-state index contributed by atoms with van der Waals surface area (Å²) in [5.41, 5.74) is 0. The number of fused-ring (bicyclic) bond motifs is 1. The van der Waals surface area contributed by atoms with Gasteiger partial charge in [-0.3, -0.25) is 9.69 Å². The fraction of sp³-hybridized carbons (Fsp3) is 0.650. The van der Waals surface area contributed by atoms with Crippen LogP contribution in [0.4, 0.5) is 0 Å². The summed E-state index contributed by atoms with van der Waals surface area (Å²) in [6.45, 7) is 6.38. The molecular weight excluding hydrogens is 342 g/mol. The molecule has 7 heteroatoms. The van der Waals surface area contributed by atoms with E-state index in [1.807, 2.05) is 0 Å². The highest BCUT2D eigenvalue weighted by atomic mass is 16.3. The molecule has 1 aliphatic carbocycles. The lowest BCUT2D eigenvalue weighted by atomic mass is 9.85. The lowest BCUT2D eigenvalue weighted by molar-refractivity contribution is -0.127. The SMILES string of the molecule is CCc1ccc(CN2CCc3nnc(CCNC(=O)C4CCC4)n3CC2)o1. The Labute approximate surface area is 160 Å². The summed E-state index contributed by atoms with van der Waals surface area (Å²) >= 11 is 0. The highest BCUT2D eigenvalue weighted by Gasteiger charge is 2.25. The molecule has 4 rings (SSSR count).